The zero-order chi connectivity index (χ0) is 11.2. The van der Waals surface area contributed by atoms with E-state index in [4.69, 9.17) is 5.73 Å². The third-order valence-electron chi connectivity index (χ3n) is 3.07. The van der Waals surface area contributed by atoms with Crippen molar-refractivity contribution in [2.24, 2.45) is 5.73 Å². The van der Waals surface area contributed by atoms with Gasteiger partial charge in [0.1, 0.15) is 0 Å². The summed E-state index contributed by atoms with van der Waals surface area (Å²) in [5.74, 6) is 0. The van der Waals surface area contributed by atoms with Crippen LogP contribution in [0, 0.1) is 0 Å². The smallest absolute Gasteiger partial charge is 0.0940 e. The number of aromatic nitrogens is 1. The fourth-order valence-corrected chi connectivity index (χ4v) is 3.07. The molecule has 1 aromatic rings. The van der Waals surface area contributed by atoms with Crippen LogP contribution in [0.3, 0.4) is 0 Å². The van der Waals surface area contributed by atoms with Crippen LogP contribution in [0.1, 0.15) is 29.1 Å². The van der Waals surface area contributed by atoms with Crippen LogP contribution in [0.4, 0.5) is 0 Å². The normalized spacial score (nSPS) is 17.1. The predicted molar refractivity (Wildman–Crippen MR) is 68.9 cm³/mol. The first-order chi connectivity index (χ1) is 7.88. The zero-order valence-corrected chi connectivity index (χ0v) is 10.6. The Kier molecular flexibility index (Phi) is 4.75. The average Bonchev–Trinajstić information content (AvgIpc) is 2.95. The van der Waals surface area contributed by atoms with Crippen molar-refractivity contribution in [3.63, 3.8) is 0 Å². The molecule has 1 aliphatic rings. The van der Waals surface area contributed by atoms with Crippen molar-refractivity contribution in [2.45, 2.75) is 32.1 Å². The molecule has 1 aliphatic heterocycles. The third-order valence-corrected chi connectivity index (χ3v) is 4.19. The van der Waals surface area contributed by atoms with Crippen LogP contribution in [-0.2, 0) is 12.8 Å². The summed E-state index contributed by atoms with van der Waals surface area (Å²) in [4.78, 5) is 8.41. The van der Waals surface area contributed by atoms with E-state index in [0.717, 1.165) is 25.8 Å². The van der Waals surface area contributed by atoms with E-state index >= 15 is 0 Å². The molecule has 2 heterocycles. The lowest BCUT2D eigenvalue weighted by Gasteiger charge is -2.12. The lowest BCUT2D eigenvalue weighted by atomic mass is 10.3. The molecular formula is C12H21N3S. The molecule has 2 N–H and O–H groups in total. The van der Waals surface area contributed by atoms with Crippen molar-refractivity contribution in [1.82, 2.24) is 9.88 Å². The number of nitrogens with zero attached hydrogens (tertiary/aromatic N) is 2. The molecule has 0 radical (unpaired) electrons. The van der Waals surface area contributed by atoms with Crippen molar-refractivity contribution in [3.8, 4) is 0 Å². The Morgan fingerprint density at radius 2 is 2.12 bits per heavy atom. The second-order valence-corrected chi connectivity index (χ2v) is 5.61. The summed E-state index contributed by atoms with van der Waals surface area (Å²) in [5.41, 5.74) is 5.50. The summed E-state index contributed by atoms with van der Waals surface area (Å²) in [5, 5.41) is 1.29. The number of aryl methyl sites for hydroxylation is 1. The minimum absolute atomic E-state index is 0.779. The number of hydrogen-bond donors (Lipinski definition) is 1. The SMILES string of the molecule is NCCCc1cnc(CCN2CCCC2)s1. The first kappa shape index (κ1) is 12.0. The van der Waals surface area contributed by atoms with E-state index in [0.29, 0.717) is 0 Å². The molecule has 0 atom stereocenters. The monoisotopic (exact) mass is 239 g/mol. The Morgan fingerprint density at radius 1 is 1.31 bits per heavy atom. The Morgan fingerprint density at radius 3 is 2.88 bits per heavy atom. The van der Waals surface area contributed by atoms with E-state index in [1.54, 1.807) is 0 Å². The van der Waals surface area contributed by atoms with Crippen molar-refractivity contribution in [1.29, 1.82) is 0 Å². The molecule has 1 fully saturated rings. The molecule has 3 nitrogen and oxygen atoms in total. The van der Waals surface area contributed by atoms with Gasteiger partial charge in [0.25, 0.3) is 0 Å². The molecule has 2 rings (SSSR count). The number of nitrogens with two attached hydrogens (primary N) is 1. The van der Waals surface area contributed by atoms with Gasteiger partial charge < -0.3 is 10.6 Å². The average molecular weight is 239 g/mol. The largest absolute Gasteiger partial charge is 0.330 e. The maximum Gasteiger partial charge on any atom is 0.0940 e. The maximum absolute atomic E-state index is 5.50. The van der Waals surface area contributed by atoms with Gasteiger partial charge in [0.15, 0.2) is 0 Å². The minimum Gasteiger partial charge on any atom is -0.330 e. The molecule has 0 bridgehead atoms. The molecule has 0 saturated carbocycles. The highest BCUT2D eigenvalue weighted by Crippen LogP contribution is 2.16. The highest BCUT2D eigenvalue weighted by atomic mass is 32.1. The van der Waals surface area contributed by atoms with Crippen LogP contribution in [0.15, 0.2) is 6.20 Å². The Balaban J connectivity index is 1.73. The van der Waals surface area contributed by atoms with Gasteiger partial charge in [-0.15, -0.1) is 11.3 Å². The maximum atomic E-state index is 5.50. The summed E-state index contributed by atoms with van der Waals surface area (Å²) in [7, 11) is 0. The molecule has 0 aromatic carbocycles. The van der Waals surface area contributed by atoms with Crippen LogP contribution in [0.25, 0.3) is 0 Å². The van der Waals surface area contributed by atoms with Gasteiger partial charge in [0.2, 0.25) is 0 Å². The van der Waals surface area contributed by atoms with Gasteiger partial charge >= 0.3 is 0 Å². The van der Waals surface area contributed by atoms with E-state index in [-0.39, 0.29) is 0 Å². The van der Waals surface area contributed by atoms with Gasteiger partial charge in [-0.2, -0.15) is 0 Å². The Labute approximate surface area is 102 Å². The van der Waals surface area contributed by atoms with E-state index in [1.165, 1.54) is 42.4 Å². The molecule has 0 aliphatic carbocycles. The van der Waals surface area contributed by atoms with Crippen molar-refractivity contribution in [3.05, 3.63) is 16.1 Å². The Bertz CT molecular complexity index is 305. The molecular weight excluding hydrogens is 218 g/mol. The lowest BCUT2D eigenvalue weighted by molar-refractivity contribution is 0.343. The quantitative estimate of drug-likeness (QED) is 0.821. The predicted octanol–water partition coefficient (Wildman–Crippen LogP) is 1.67. The van der Waals surface area contributed by atoms with Crippen LogP contribution < -0.4 is 5.73 Å². The fourth-order valence-electron chi connectivity index (χ4n) is 2.12. The molecule has 0 unspecified atom stereocenters. The molecule has 1 saturated heterocycles. The third kappa shape index (κ3) is 3.54. The summed E-state index contributed by atoms with van der Waals surface area (Å²) < 4.78 is 0. The number of thiazole rings is 1. The molecule has 0 amide bonds. The zero-order valence-electron chi connectivity index (χ0n) is 9.82. The van der Waals surface area contributed by atoms with E-state index in [2.05, 4.69) is 9.88 Å². The van der Waals surface area contributed by atoms with Crippen LogP contribution >= 0.6 is 11.3 Å². The van der Waals surface area contributed by atoms with E-state index in [1.807, 2.05) is 17.5 Å². The first-order valence-corrected chi connectivity index (χ1v) is 7.06. The number of likely N-dealkylation sites (tertiary alicyclic amines) is 1. The minimum atomic E-state index is 0.779. The van der Waals surface area contributed by atoms with Gasteiger partial charge in [0, 0.05) is 24.0 Å². The lowest BCUT2D eigenvalue weighted by Crippen LogP contribution is -2.21. The first-order valence-electron chi connectivity index (χ1n) is 6.24. The number of rotatable bonds is 6. The fraction of sp³-hybridized carbons (Fsp3) is 0.750. The van der Waals surface area contributed by atoms with Crippen molar-refractivity contribution < 1.29 is 0 Å². The van der Waals surface area contributed by atoms with E-state index in [9.17, 15) is 0 Å². The molecule has 1 aromatic heterocycles. The summed E-state index contributed by atoms with van der Waals surface area (Å²) in [6, 6.07) is 0. The van der Waals surface area contributed by atoms with Gasteiger partial charge in [-0.25, -0.2) is 4.98 Å². The topological polar surface area (TPSA) is 42.1 Å². The molecule has 4 heteroatoms. The van der Waals surface area contributed by atoms with Gasteiger partial charge in [-0.1, -0.05) is 0 Å². The van der Waals surface area contributed by atoms with Crippen molar-refractivity contribution in [2.75, 3.05) is 26.2 Å². The summed E-state index contributed by atoms with van der Waals surface area (Å²) >= 11 is 1.86. The molecule has 16 heavy (non-hydrogen) atoms. The standard InChI is InChI=1S/C12H21N3S/c13-6-3-4-11-10-14-12(16-11)5-9-15-7-1-2-8-15/h10H,1-9,13H2. The second kappa shape index (κ2) is 6.33. The molecule has 0 spiro atoms. The number of hydrogen-bond acceptors (Lipinski definition) is 4. The van der Waals surface area contributed by atoms with E-state index < -0.39 is 0 Å². The molecule has 90 valence electrons. The van der Waals surface area contributed by atoms with Crippen LogP contribution in [-0.4, -0.2) is 36.1 Å². The Hall–Kier alpha value is -0.450. The van der Waals surface area contributed by atoms with Crippen LogP contribution in [0.5, 0.6) is 0 Å². The van der Waals surface area contributed by atoms with Crippen LogP contribution in [0.2, 0.25) is 0 Å². The summed E-state index contributed by atoms with van der Waals surface area (Å²) in [6.45, 7) is 4.53. The van der Waals surface area contributed by atoms with Gasteiger partial charge in [-0.05, 0) is 45.3 Å². The van der Waals surface area contributed by atoms with Gasteiger partial charge in [-0.3, -0.25) is 0 Å². The summed E-state index contributed by atoms with van der Waals surface area (Å²) in [6.07, 6.45) is 8.07. The highest BCUT2D eigenvalue weighted by Gasteiger charge is 2.11. The van der Waals surface area contributed by atoms with Gasteiger partial charge in [0.05, 0.1) is 5.01 Å². The van der Waals surface area contributed by atoms with Crippen molar-refractivity contribution >= 4 is 11.3 Å². The second-order valence-electron chi connectivity index (χ2n) is 4.41. The highest BCUT2D eigenvalue weighted by molar-refractivity contribution is 7.11.